The predicted molar refractivity (Wildman–Crippen MR) is 270 cm³/mol. The van der Waals surface area contributed by atoms with Crippen LogP contribution in [-0.2, 0) is 10.8 Å². The van der Waals surface area contributed by atoms with E-state index in [0.29, 0.717) is 0 Å². The lowest BCUT2D eigenvalue weighted by Gasteiger charge is -2.31. The minimum absolute atomic E-state index is 0.114. The van der Waals surface area contributed by atoms with Crippen molar-refractivity contribution in [3.8, 4) is 55.6 Å². The first kappa shape index (κ1) is 38.0. The Bertz CT molecular complexity index is 3410. The molecule has 0 fully saturated rings. The molecule has 2 aliphatic rings. The zero-order chi connectivity index (χ0) is 43.0. The predicted octanol–water partition coefficient (Wildman–Crippen LogP) is 17.0. The number of rotatable bonds is 7. The van der Waals surface area contributed by atoms with Crippen LogP contribution in [0.4, 0.5) is 17.1 Å². The first-order chi connectivity index (χ1) is 31.4. The van der Waals surface area contributed by atoms with E-state index in [0.717, 1.165) is 17.1 Å². The van der Waals surface area contributed by atoms with Crippen molar-refractivity contribution < 1.29 is 0 Å². The van der Waals surface area contributed by atoms with E-state index in [1.165, 1.54) is 94.2 Å². The molecule has 0 radical (unpaired) electrons. The lowest BCUT2D eigenvalue weighted by atomic mass is 9.74. The molecular weight excluding hydrogens is 771 g/mol. The Labute approximate surface area is 376 Å². The van der Waals surface area contributed by atoms with Crippen LogP contribution in [-0.4, -0.2) is 0 Å². The zero-order valence-corrected chi connectivity index (χ0v) is 36.4. The largest absolute Gasteiger partial charge is 0.310 e. The first-order valence-corrected chi connectivity index (χ1v) is 22.5. The Morgan fingerprint density at radius 3 is 1.50 bits per heavy atom. The molecule has 64 heavy (non-hydrogen) atoms. The summed E-state index contributed by atoms with van der Waals surface area (Å²) in [5.41, 5.74) is 22.4. The van der Waals surface area contributed by atoms with Gasteiger partial charge in [0.05, 0.1) is 0 Å². The topological polar surface area (TPSA) is 3.24 Å². The molecule has 1 atom stereocenters. The summed E-state index contributed by atoms with van der Waals surface area (Å²) in [6.07, 6.45) is 0. The highest BCUT2D eigenvalue weighted by molar-refractivity contribution is 5.98. The molecule has 0 saturated carbocycles. The molecule has 304 valence electrons. The van der Waals surface area contributed by atoms with E-state index in [9.17, 15) is 0 Å². The molecule has 0 saturated heterocycles. The van der Waals surface area contributed by atoms with Crippen LogP contribution >= 0.6 is 0 Å². The van der Waals surface area contributed by atoms with Crippen LogP contribution in [0, 0.1) is 0 Å². The highest BCUT2D eigenvalue weighted by Crippen LogP contribution is 2.55. The van der Waals surface area contributed by atoms with Gasteiger partial charge < -0.3 is 4.90 Å². The van der Waals surface area contributed by atoms with E-state index in [-0.39, 0.29) is 10.8 Å². The van der Waals surface area contributed by atoms with Crippen molar-refractivity contribution in [1.29, 1.82) is 0 Å². The summed E-state index contributed by atoms with van der Waals surface area (Å²) in [4.78, 5) is 2.43. The van der Waals surface area contributed by atoms with Crippen molar-refractivity contribution in [1.82, 2.24) is 0 Å². The molecule has 0 bridgehead atoms. The van der Waals surface area contributed by atoms with Crippen molar-refractivity contribution in [2.24, 2.45) is 0 Å². The van der Waals surface area contributed by atoms with Crippen molar-refractivity contribution in [3.05, 3.63) is 258 Å². The number of benzene rings is 10. The fraction of sp³-hybridized carbons (Fsp3) is 0.0794. The monoisotopic (exact) mass is 817 g/mol. The maximum atomic E-state index is 2.44. The third-order valence-electron chi connectivity index (χ3n) is 14.4. The van der Waals surface area contributed by atoms with E-state index in [1.807, 2.05) is 0 Å². The van der Waals surface area contributed by atoms with Gasteiger partial charge >= 0.3 is 0 Å². The van der Waals surface area contributed by atoms with Gasteiger partial charge in [0.25, 0.3) is 0 Å². The van der Waals surface area contributed by atoms with Crippen LogP contribution < -0.4 is 4.90 Å². The standard InChI is InChI=1S/C63H47N/c1-62(2)58-29-13-11-25-54(58)57-28-16-27-56(61(57)62)52-23-10-9-22-51(52)44-33-37-47(38-34-44)64(46-35-31-43(32-36-46)50-26-15-18-42-17-7-8-21-49(42)50)48-39-40-55-53-24-12-14-30-59(53)63(3,60(55)41-48)45-19-5-4-6-20-45/h4-41H,1-3H3. The van der Waals surface area contributed by atoms with Gasteiger partial charge in [0.1, 0.15) is 0 Å². The molecule has 0 spiro atoms. The van der Waals surface area contributed by atoms with Crippen molar-refractivity contribution in [2.45, 2.75) is 31.6 Å². The average Bonchev–Trinajstić information content (AvgIpc) is 3.76. The van der Waals surface area contributed by atoms with Gasteiger partial charge in [-0.2, -0.15) is 0 Å². The van der Waals surface area contributed by atoms with E-state index < -0.39 is 0 Å². The van der Waals surface area contributed by atoms with Crippen molar-refractivity contribution in [2.75, 3.05) is 4.90 Å². The molecule has 1 unspecified atom stereocenters. The van der Waals surface area contributed by atoms with E-state index in [2.05, 4.69) is 256 Å². The number of hydrogen-bond donors (Lipinski definition) is 0. The van der Waals surface area contributed by atoms with Gasteiger partial charge in [-0.15, -0.1) is 0 Å². The number of anilines is 3. The highest BCUT2D eigenvalue weighted by Gasteiger charge is 2.41. The number of hydrogen-bond acceptors (Lipinski definition) is 1. The van der Waals surface area contributed by atoms with Crippen molar-refractivity contribution >= 4 is 27.8 Å². The van der Waals surface area contributed by atoms with Crippen LogP contribution in [0.25, 0.3) is 66.4 Å². The van der Waals surface area contributed by atoms with E-state index >= 15 is 0 Å². The minimum Gasteiger partial charge on any atom is -0.310 e. The summed E-state index contributed by atoms with van der Waals surface area (Å²) in [5, 5.41) is 2.51. The second kappa shape index (κ2) is 14.7. The average molecular weight is 818 g/mol. The third kappa shape index (κ3) is 5.77. The summed E-state index contributed by atoms with van der Waals surface area (Å²) in [6, 6.07) is 85.4. The summed E-state index contributed by atoms with van der Waals surface area (Å²) in [5.74, 6) is 0. The lowest BCUT2D eigenvalue weighted by Crippen LogP contribution is -2.22. The van der Waals surface area contributed by atoms with Crippen LogP contribution in [0.2, 0.25) is 0 Å². The van der Waals surface area contributed by atoms with Gasteiger partial charge in [0.2, 0.25) is 0 Å². The molecule has 0 aromatic heterocycles. The van der Waals surface area contributed by atoms with Gasteiger partial charge in [-0.25, -0.2) is 0 Å². The van der Waals surface area contributed by atoms with Gasteiger partial charge in [-0.05, 0) is 138 Å². The maximum absolute atomic E-state index is 2.44. The molecule has 12 rings (SSSR count). The Balaban J connectivity index is 0.990. The van der Waals surface area contributed by atoms with Crippen molar-refractivity contribution in [3.63, 3.8) is 0 Å². The van der Waals surface area contributed by atoms with Crippen LogP contribution in [0.3, 0.4) is 0 Å². The smallest absolute Gasteiger partial charge is 0.0465 e. The second-order valence-electron chi connectivity index (χ2n) is 18.2. The summed E-state index contributed by atoms with van der Waals surface area (Å²) in [7, 11) is 0. The molecule has 0 amide bonds. The Morgan fingerprint density at radius 1 is 0.312 bits per heavy atom. The lowest BCUT2D eigenvalue weighted by molar-refractivity contribution is 0.662. The SMILES string of the molecule is CC1(C)c2ccccc2-c2cccc(-c3ccccc3-c3ccc(N(c4ccc(-c5cccc6ccccc56)cc4)c4ccc5c(c4)C(C)(c4ccccc4)c4ccccc4-5)cc3)c21. The quantitative estimate of drug-likeness (QED) is 0.155. The molecule has 0 heterocycles. The normalized spacial score (nSPS) is 15.3. The molecule has 0 N–H and O–H groups in total. The minimum atomic E-state index is -0.311. The third-order valence-corrected chi connectivity index (χ3v) is 14.4. The Kier molecular flexibility index (Phi) is 8.71. The molecule has 1 heteroatoms. The Morgan fingerprint density at radius 2 is 0.781 bits per heavy atom. The van der Waals surface area contributed by atoms with Gasteiger partial charge in [-0.1, -0.05) is 208 Å². The zero-order valence-electron chi connectivity index (χ0n) is 36.4. The first-order valence-electron chi connectivity index (χ1n) is 22.5. The maximum Gasteiger partial charge on any atom is 0.0465 e. The van der Waals surface area contributed by atoms with E-state index in [4.69, 9.17) is 0 Å². The number of fused-ring (bicyclic) bond motifs is 7. The molecule has 1 nitrogen and oxygen atoms in total. The molecular formula is C63H47N. The van der Waals surface area contributed by atoms with Crippen LogP contribution in [0.15, 0.2) is 231 Å². The van der Waals surface area contributed by atoms with Gasteiger partial charge in [0.15, 0.2) is 0 Å². The summed E-state index contributed by atoms with van der Waals surface area (Å²) >= 11 is 0. The summed E-state index contributed by atoms with van der Waals surface area (Å²) in [6.45, 7) is 7.15. The number of nitrogens with zero attached hydrogens (tertiary/aromatic N) is 1. The fourth-order valence-corrected chi connectivity index (χ4v) is 11.2. The van der Waals surface area contributed by atoms with Crippen LogP contribution in [0.5, 0.6) is 0 Å². The molecule has 10 aromatic rings. The highest BCUT2D eigenvalue weighted by atomic mass is 15.1. The summed E-state index contributed by atoms with van der Waals surface area (Å²) < 4.78 is 0. The Hall–Kier alpha value is -7.74. The van der Waals surface area contributed by atoms with Gasteiger partial charge in [0, 0.05) is 27.9 Å². The molecule has 0 aliphatic heterocycles. The fourth-order valence-electron chi connectivity index (χ4n) is 11.2. The molecule has 2 aliphatic carbocycles. The van der Waals surface area contributed by atoms with E-state index in [1.54, 1.807) is 0 Å². The molecule has 10 aromatic carbocycles. The van der Waals surface area contributed by atoms with Gasteiger partial charge in [-0.3, -0.25) is 0 Å². The van der Waals surface area contributed by atoms with Crippen LogP contribution in [0.1, 0.15) is 48.6 Å². The second-order valence-corrected chi connectivity index (χ2v) is 18.2.